The number of anilines is 1. The minimum Gasteiger partial charge on any atom is -0.495 e. The molecule has 2 N–H and O–H groups in total. The lowest BCUT2D eigenvalue weighted by atomic mass is 10.0. The van der Waals surface area contributed by atoms with Crippen molar-refractivity contribution >= 4 is 46.3 Å². The van der Waals surface area contributed by atoms with E-state index in [1.807, 2.05) is 0 Å². The summed E-state index contributed by atoms with van der Waals surface area (Å²) in [4.78, 5) is 30.8. The van der Waals surface area contributed by atoms with Gasteiger partial charge in [0.25, 0.3) is 0 Å². The molecule has 0 bridgehead atoms. The van der Waals surface area contributed by atoms with Gasteiger partial charge in [0.15, 0.2) is 5.75 Å². The molecule has 0 atom stereocenters. The second kappa shape index (κ2) is 10.7. The maximum Gasteiger partial charge on any atom is 0.419 e. The fourth-order valence-electron chi connectivity index (χ4n) is 4.19. The van der Waals surface area contributed by atoms with E-state index in [2.05, 4.69) is 36.2 Å². The summed E-state index contributed by atoms with van der Waals surface area (Å²) in [7, 11) is 2.98. The number of rotatable bonds is 7. The Labute approximate surface area is 227 Å². The summed E-state index contributed by atoms with van der Waals surface area (Å²) in [5, 5.41) is 12.0. The molecule has 4 aromatic rings. The fraction of sp³-hybridized carbons (Fsp3) is 0.240. The second-order valence-corrected chi connectivity index (χ2v) is 9.20. The number of methoxy groups -OCH3 is 2. The van der Waals surface area contributed by atoms with Crippen molar-refractivity contribution in [1.82, 2.24) is 24.8 Å². The molecule has 1 amide bonds. The van der Waals surface area contributed by atoms with E-state index in [4.69, 9.17) is 42.7 Å². The van der Waals surface area contributed by atoms with Gasteiger partial charge in [-0.25, -0.2) is 14.8 Å². The minimum absolute atomic E-state index is 0.0628. The van der Waals surface area contributed by atoms with Crippen LogP contribution in [-0.4, -0.2) is 58.2 Å². The predicted molar refractivity (Wildman–Crippen MR) is 141 cm³/mol. The van der Waals surface area contributed by atoms with E-state index in [0.717, 1.165) is 5.69 Å². The number of ether oxygens (including phenoxy) is 3. The molecule has 2 aromatic carbocycles. The first-order valence-electron chi connectivity index (χ1n) is 11.4. The first-order valence-corrected chi connectivity index (χ1v) is 12.2. The minimum atomic E-state index is -0.766. The molecule has 5 rings (SSSR count). The van der Waals surface area contributed by atoms with Crippen LogP contribution in [-0.2, 0) is 6.54 Å². The Hall–Kier alpha value is -4.11. The van der Waals surface area contributed by atoms with Gasteiger partial charge in [0.2, 0.25) is 5.95 Å². The van der Waals surface area contributed by atoms with Gasteiger partial charge in [0.05, 0.1) is 48.1 Å². The average molecular weight is 554 g/mol. The van der Waals surface area contributed by atoms with Crippen LogP contribution in [0.25, 0.3) is 22.2 Å². The Balaban J connectivity index is 1.39. The van der Waals surface area contributed by atoms with Crippen LogP contribution >= 0.6 is 23.2 Å². The number of hydrogen-bond donors (Lipinski definition) is 2. The standard InChI is InChI=1S/C25H21Cl2N7O4/c1-36-17-7-18(37-2)21(27)19(20(17)26)15-3-4-16(23-22(15)29-5-6-30-23)38-25(35)33-24-31-9-14(32-24)12-34-10-13(8-28)11-34/h3-7,9,13H,10-12H2,1-2H3,(H2,31,32,33,35). The molecular formula is C25H21Cl2N7O4. The van der Waals surface area contributed by atoms with Crippen molar-refractivity contribution in [1.29, 1.82) is 5.26 Å². The summed E-state index contributed by atoms with van der Waals surface area (Å²) in [5.74, 6) is 1.21. The number of H-pyrrole nitrogens is 1. The number of aromatic nitrogens is 4. The zero-order valence-corrected chi connectivity index (χ0v) is 21.8. The monoisotopic (exact) mass is 553 g/mol. The van der Waals surface area contributed by atoms with Crippen LogP contribution in [0.2, 0.25) is 10.0 Å². The van der Waals surface area contributed by atoms with Crippen LogP contribution in [0, 0.1) is 17.2 Å². The molecule has 3 heterocycles. The van der Waals surface area contributed by atoms with Gasteiger partial charge in [-0.05, 0) is 12.1 Å². The molecule has 1 saturated heterocycles. The summed E-state index contributed by atoms with van der Waals surface area (Å²) in [6.07, 6.45) is 3.85. The Morgan fingerprint density at radius 2 is 1.79 bits per heavy atom. The van der Waals surface area contributed by atoms with Gasteiger partial charge >= 0.3 is 6.09 Å². The Bertz CT molecular complexity index is 1540. The number of benzene rings is 2. The Kier molecular flexibility index (Phi) is 7.20. The number of carbonyl (C=O) groups excluding carboxylic acids is 1. The van der Waals surface area contributed by atoms with Crippen LogP contribution < -0.4 is 19.5 Å². The van der Waals surface area contributed by atoms with E-state index < -0.39 is 6.09 Å². The molecule has 38 heavy (non-hydrogen) atoms. The highest BCUT2D eigenvalue weighted by Gasteiger charge is 2.27. The third-order valence-corrected chi connectivity index (χ3v) is 6.77. The number of nitrogens with one attached hydrogen (secondary N) is 2. The first kappa shape index (κ1) is 25.5. The van der Waals surface area contributed by atoms with Gasteiger partial charge in [-0.15, -0.1) is 0 Å². The molecule has 1 aliphatic heterocycles. The third-order valence-electron chi connectivity index (χ3n) is 6.02. The molecule has 0 aliphatic carbocycles. The van der Waals surface area contributed by atoms with Crippen molar-refractivity contribution in [3.63, 3.8) is 0 Å². The smallest absolute Gasteiger partial charge is 0.419 e. The summed E-state index contributed by atoms with van der Waals surface area (Å²) in [5.41, 5.74) is 2.52. The van der Waals surface area contributed by atoms with E-state index in [-0.39, 0.29) is 27.7 Å². The van der Waals surface area contributed by atoms with Crippen molar-refractivity contribution in [3.8, 4) is 34.4 Å². The van der Waals surface area contributed by atoms with Crippen LogP contribution in [0.1, 0.15) is 5.69 Å². The number of amides is 1. The summed E-state index contributed by atoms with van der Waals surface area (Å²) in [6, 6.07) is 7.09. The largest absolute Gasteiger partial charge is 0.495 e. The number of likely N-dealkylation sites (tertiary alicyclic amines) is 1. The molecule has 13 heteroatoms. The zero-order chi connectivity index (χ0) is 26.8. The van der Waals surface area contributed by atoms with Gasteiger partial charge in [0, 0.05) is 49.2 Å². The molecule has 2 aromatic heterocycles. The molecular weight excluding hydrogens is 533 g/mol. The lowest BCUT2D eigenvalue weighted by Gasteiger charge is -2.34. The maximum absolute atomic E-state index is 12.7. The third kappa shape index (κ3) is 4.89. The lowest BCUT2D eigenvalue weighted by molar-refractivity contribution is 0.125. The zero-order valence-electron chi connectivity index (χ0n) is 20.3. The van der Waals surface area contributed by atoms with Crippen molar-refractivity contribution in [2.45, 2.75) is 6.54 Å². The molecule has 194 valence electrons. The number of hydrogen-bond acceptors (Lipinski definition) is 9. The van der Waals surface area contributed by atoms with E-state index in [1.54, 1.807) is 24.4 Å². The number of nitrogens with zero attached hydrogens (tertiary/aromatic N) is 5. The van der Waals surface area contributed by atoms with Gasteiger partial charge in [-0.1, -0.05) is 23.2 Å². The van der Waals surface area contributed by atoms with Crippen molar-refractivity contribution in [3.05, 3.63) is 52.5 Å². The van der Waals surface area contributed by atoms with Gasteiger partial charge < -0.3 is 19.2 Å². The summed E-state index contributed by atoms with van der Waals surface area (Å²) < 4.78 is 16.3. The van der Waals surface area contributed by atoms with Crippen LogP contribution in [0.3, 0.4) is 0 Å². The van der Waals surface area contributed by atoms with Crippen LogP contribution in [0.5, 0.6) is 17.2 Å². The van der Waals surface area contributed by atoms with Crippen LogP contribution in [0.15, 0.2) is 36.8 Å². The van der Waals surface area contributed by atoms with E-state index in [0.29, 0.717) is 53.3 Å². The van der Waals surface area contributed by atoms with Gasteiger partial charge in [0.1, 0.15) is 22.5 Å². The maximum atomic E-state index is 12.7. The van der Waals surface area contributed by atoms with Crippen molar-refractivity contribution in [2.75, 3.05) is 32.6 Å². The number of nitriles is 1. The average Bonchev–Trinajstić information content (AvgIpc) is 3.33. The first-order chi connectivity index (χ1) is 18.4. The van der Waals surface area contributed by atoms with E-state index in [1.165, 1.54) is 26.6 Å². The highest BCUT2D eigenvalue weighted by molar-refractivity contribution is 6.41. The number of aromatic amines is 1. The molecule has 0 spiro atoms. The Morgan fingerprint density at radius 3 is 2.45 bits per heavy atom. The molecule has 0 radical (unpaired) electrons. The second-order valence-electron chi connectivity index (χ2n) is 8.44. The Morgan fingerprint density at radius 1 is 1.11 bits per heavy atom. The highest BCUT2D eigenvalue weighted by atomic mass is 35.5. The van der Waals surface area contributed by atoms with E-state index in [9.17, 15) is 4.79 Å². The van der Waals surface area contributed by atoms with E-state index >= 15 is 0 Å². The van der Waals surface area contributed by atoms with Crippen molar-refractivity contribution in [2.24, 2.45) is 5.92 Å². The number of halogens is 2. The van der Waals surface area contributed by atoms with Gasteiger partial charge in [-0.2, -0.15) is 5.26 Å². The normalized spacial score (nSPS) is 13.6. The SMILES string of the molecule is COc1cc(OC)c(Cl)c(-c2ccc(OC(=O)Nc3ncc(CN4CC(C#N)C4)[nH]3)c3nccnc23)c1Cl. The molecule has 1 aliphatic rings. The number of fused-ring (bicyclic) bond motifs is 1. The molecule has 0 unspecified atom stereocenters. The van der Waals surface area contributed by atoms with Gasteiger partial charge in [-0.3, -0.25) is 15.2 Å². The topological polar surface area (TPSA) is 138 Å². The predicted octanol–water partition coefficient (Wildman–Crippen LogP) is 4.91. The highest BCUT2D eigenvalue weighted by Crippen LogP contribution is 2.47. The van der Waals surface area contributed by atoms with Crippen LogP contribution in [0.4, 0.5) is 10.7 Å². The van der Waals surface area contributed by atoms with Crippen molar-refractivity contribution < 1.29 is 19.0 Å². The molecule has 11 nitrogen and oxygen atoms in total. The molecule has 1 fully saturated rings. The quantitative estimate of drug-likeness (QED) is 0.326. The lowest BCUT2D eigenvalue weighted by Crippen LogP contribution is -2.45. The summed E-state index contributed by atoms with van der Waals surface area (Å²) >= 11 is 13.2. The fourth-order valence-corrected chi connectivity index (χ4v) is 4.89. The number of carbonyl (C=O) groups is 1. The number of imidazole rings is 1. The molecule has 0 saturated carbocycles. The summed E-state index contributed by atoms with van der Waals surface area (Å²) in [6.45, 7) is 2.02.